The van der Waals surface area contributed by atoms with E-state index < -0.39 is 0 Å². The molecular formula is C52H34N4S2. The van der Waals surface area contributed by atoms with Crippen molar-refractivity contribution in [2.45, 2.75) is 0 Å². The van der Waals surface area contributed by atoms with E-state index in [0.717, 1.165) is 112 Å². The van der Waals surface area contributed by atoms with Crippen molar-refractivity contribution < 1.29 is 0 Å². The van der Waals surface area contributed by atoms with Crippen molar-refractivity contribution in [2.24, 2.45) is 0 Å². The molecule has 0 amide bonds. The Labute approximate surface area is 343 Å². The average Bonchev–Trinajstić information content (AvgIpc) is 4.13. The van der Waals surface area contributed by atoms with Gasteiger partial charge in [-0.3, -0.25) is 0 Å². The SMILES string of the molecule is C1=Cc2nc1c(-c1ccccc1)c1ccc([nH]1)c(-c1ccccc1)c1nc(c(-c3ccccc3)c3[nH]c(c2-c2ccccc2)c(-c2ccsc2)c3-c2ccsc2)C=C1. The fourth-order valence-electron chi connectivity index (χ4n) is 8.38. The summed E-state index contributed by atoms with van der Waals surface area (Å²) in [6.45, 7) is 0. The van der Waals surface area contributed by atoms with E-state index in [4.69, 9.17) is 9.97 Å². The van der Waals surface area contributed by atoms with Gasteiger partial charge >= 0.3 is 0 Å². The third-order valence-electron chi connectivity index (χ3n) is 10.9. The van der Waals surface area contributed by atoms with Crippen molar-refractivity contribution in [1.82, 2.24) is 19.9 Å². The lowest BCUT2D eigenvalue weighted by Gasteiger charge is -2.08. The summed E-state index contributed by atoms with van der Waals surface area (Å²) in [6.07, 6.45) is 8.69. The van der Waals surface area contributed by atoms with Gasteiger partial charge in [-0.15, -0.1) is 0 Å². The molecule has 274 valence electrons. The second kappa shape index (κ2) is 14.4. The second-order valence-electron chi connectivity index (χ2n) is 14.3. The van der Waals surface area contributed by atoms with Crippen LogP contribution in [0.3, 0.4) is 0 Å². The van der Waals surface area contributed by atoms with Crippen LogP contribution in [0.25, 0.3) is 113 Å². The lowest BCUT2D eigenvalue weighted by molar-refractivity contribution is 1.31. The van der Waals surface area contributed by atoms with Crippen molar-refractivity contribution >= 4 is 69.0 Å². The molecule has 0 radical (unpaired) electrons. The third kappa shape index (κ3) is 5.89. The zero-order valence-corrected chi connectivity index (χ0v) is 32.8. The number of rotatable bonds is 6. The van der Waals surface area contributed by atoms with Gasteiger partial charge in [0.05, 0.1) is 33.8 Å². The van der Waals surface area contributed by atoms with Crippen LogP contribution in [-0.4, -0.2) is 19.9 Å². The maximum absolute atomic E-state index is 5.57. The molecule has 9 aromatic rings. The van der Waals surface area contributed by atoms with Crippen LogP contribution in [0.5, 0.6) is 0 Å². The summed E-state index contributed by atoms with van der Waals surface area (Å²) in [7, 11) is 0. The van der Waals surface area contributed by atoms with Crippen LogP contribution in [-0.2, 0) is 0 Å². The molecule has 6 heteroatoms. The molecule has 7 heterocycles. The standard InChI is InChI=1S/C52H34N4S2/c1-5-13-33(14-6-1)45-39-21-22-40(53-39)46(34-15-7-2-8-16-34)42-24-26-44(55-42)48(36-19-11-4-12-20-36)52-50(38-28-30-58-32-38)49(37-27-29-57-31-37)51(56-52)47(35-17-9-3-10-18-35)43-25-23-41(45)54-43/h1-32,53,56H. The van der Waals surface area contributed by atoms with Crippen LogP contribution in [0.2, 0.25) is 0 Å². The number of benzene rings is 4. The lowest BCUT2D eigenvalue weighted by atomic mass is 9.93. The van der Waals surface area contributed by atoms with Crippen LogP contribution in [0.1, 0.15) is 22.8 Å². The smallest absolute Gasteiger partial charge is 0.0737 e. The van der Waals surface area contributed by atoms with E-state index >= 15 is 0 Å². The predicted octanol–water partition coefficient (Wildman–Crippen LogP) is 14.8. The molecule has 2 N–H and O–H groups in total. The quantitative estimate of drug-likeness (QED) is 0.177. The number of aromatic nitrogens is 4. The van der Waals surface area contributed by atoms with Gasteiger partial charge in [0, 0.05) is 44.4 Å². The van der Waals surface area contributed by atoms with Crippen molar-refractivity contribution in [3.8, 4) is 66.8 Å². The van der Waals surface area contributed by atoms with Crippen molar-refractivity contribution in [1.29, 1.82) is 0 Å². The Balaban J connectivity index is 1.43. The van der Waals surface area contributed by atoms with Gasteiger partial charge in [0.2, 0.25) is 0 Å². The van der Waals surface area contributed by atoms with Gasteiger partial charge in [0.25, 0.3) is 0 Å². The van der Waals surface area contributed by atoms with E-state index in [-0.39, 0.29) is 0 Å². The zero-order chi connectivity index (χ0) is 38.4. The Kier molecular flexibility index (Phi) is 8.50. The summed E-state index contributed by atoms with van der Waals surface area (Å²) >= 11 is 3.42. The summed E-state index contributed by atoms with van der Waals surface area (Å²) < 4.78 is 0. The fraction of sp³-hybridized carbons (Fsp3) is 0. The highest BCUT2D eigenvalue weighted by Crippen LogP contribution is 2.48. The van der Waals surface area contributed by atoms with Crippen LogP contribution in [0.4, 0.5) is 0 Å². The van der Waals surface area contributed by atoms with Gasteiger partial charge < -0.3 is 9.97 Å². The number of aromatic amines is 2. The molecular weight excluding hydrogens is 745 g/mol. The van der Waals surface area contributed by atoms with Gasteiger partial charge in [0.15, 0.2) is 0 Å². The highest BCUT2D eigenvalue weighted by atomic mass is 32.1. The lowest BCUT2D eigenvalue weighted by Crippen LogP contribution is -1.90. The Morgan fingerprint density at radius 2 is 0.655 bits per heavy atom. The van der Waals surface area contributed by atoms with Crippen LogP contribution >= 0.6 is 22.7 Å². The second-order valence-corrected chi connectivity index (χ2v) is 15.9. The molecule has 0 atom stereocenters. The fourth-order valence-corrected chi connectivity index (χ4v) is 9.67. The Bertz CT molecular complexity index is 2960. The van der Waals surface area contributed by atoms with Crippen molar-refractivity contribution in [2.75, 3.05) is 0 Å². The van der Waals surface area contributed by atoms with Gasteiger partial charge in [-0.25, -0.2) is 9.97 Å². The topological polar surface area (TPSA) is 57.4 Å². The normalized spacial score (nSPS) is 12.0. The first kappa shape index (κ1) is 34.2. The van der Waals surface area contributed by atoms with Crippen molar-refractivity contribution in [3.63, 3.8) is 0 Å². The van der Waals surface area contributed by atoms with Gasteiger partial charge in [-0.2, -0.15) is 22.7 Å². The Morgan fingerprint density at radius 1 is 0.310 bits per heavy atom. The first-order valence-corrected chi connectivity index (χ1v) is 21.2. The molecule has 0 saturated carbocycles. The molecule has 4 nitrogen and oxygen atoms in total. The van der Waals surface area contributed by atoms with E-state index in [1.54, 1.807) is 22.7 Å². The molecule has 4 aromatic carbocycles. The number of fused-ring (bicyclic) bond motifs is 8. The Hall–Kier alpha value is -7.12. The highest BCUT2D eigenvalue weighted by Gasteiger charge is 2.25. The molecule has 8 bridgehead atoms. The van der Waals surface area contributed by atoms with E-state index in [9.17, 15) is 0 Å². The first-order valence-electron chi connectivity index (χ1n) is 19.3. The largest absolute Gasteiger partial charge is 0.354 e. The van der Waals surface area contributed by atoms with E-state index in [1.807, 2.05) is 0 Å². The van der Waals surface area contributed by atoms with Crippen LogP contribution in [0, 0.1) is 0 Å². The number of thiophene rings is 2. The maximum Gasteiger partial charge on any atom is 0.0737 e. The molecule has 0 saturated heterocycles. The molecule has 0 fully saturated rings. The number of nitrogens with zero attached hydrogens (tertiary/aromatic N) is 2. The van der Waals surface area contributed by atoms with Crippen LogP contribution in [0.15, 0.2) is 167 Å². The van der Waals surface area contributed by atoms with Gasteiger partial charge in [-0.1, -0.05) is 121 Å². The summed E-state index contributed by atoms with van der Waals surface area (Å²) in [5.41, 5.74) is 20.6. The zero-order valence-electron chi connectivity index (χ0n) is 31.2. The highest BCUT2D eigenvalue weighted by molar-refractivity contribution is 7.08. The monoisotopic (exact) mass is 778 g/mol. The number of hydrogen-bond donors (Lipinski definition) is 2. The molecule has 5 aromatic heterocycles. The number of H-pyrrole nitrogens is 2. The Morgan fingerprint density at radius 3 is 1.00 bits per heavy atom. The third-order valence-corrected chi connectivity index (χ3v) is 12.3. The minimum absolute atomic E-state index is 0.890. The number of hydrogen-bond acceptors (Lipinski definition) is 4. The summed E-state index contributed by atoms with van der Waals surface area (Å²) in [6, 6.07) is 51.3. The van der Waals surface area contributed by atoms with E-state index in [1.165, 1.54) is 0 Å². The molecule has 0 unspecified atom stereocenters. The molecule has 2 aliphatic heterocycles. The number of nitrogens with one attached hydrogen (secondary N) is 2. The molecule has 0 spiro atoms. The van der Waals surface area contributed by atoms with E-state index in [2.05, 4.69) is 201 Å². The minimum atomic E-state index is 0.890. The van der Waals surface area contributed by atoms with Gasteiger partial charge in [-0.05, 0) is 103 Å². The molecule has 11 rings (SSSR count). The summed E-state index contributed by atoms with van der Waals surface area (Å²) in [5, 5.41) is 8.85. The van der Waals surface area contributed by atoms with Crippen LogP contribution < -0.4 is 0 Å². The summed E-state index contributed by atoms with van der Waals surface area (Å²) in [5.74, 6) is 0. The molecule has 58 heavy (non-hydrogen) atoms. The molecule has 2 aliphatic rings. The average molecular weight is 779 g/mol. The molecule has 0 aliphatic carbocycles. The van der Waals surface area contributed by atoms with E-state index in [0.29, 0.717) is 0 Å². The first-order chi connectivity index (χ1) is 28.8. The maximum atomic E-state index is 5.57. The minimum Gasteiger partial charge on any atom is -0.354 e. The summed E-state index contributed by atoms with van der Waals surface area (Å²) in [4.78, 5) is 19.1. The predicted molar refractivity (Wildman–Crippen MR) is 247 cm³/mol. The van der Waals surface area contributed by atoms with Gasteiger partial charge in [0.1, 0.15) is 0 Å². The van der Waals surface area contributed by atoms with Crippen molar-refractivity contribution in [3.05, 3.63) is 190 Å².